The van der Waals surface area contributed by atoms with E-state index >= 15 is 0 Å². The predicted molar refractivity (Wildman–Crippen MR) is 103 cm³/mol. The molecule has 0 spiro atoms. The van der Waals surface area contributed by atoms with Gasteiger partial charge in [-0.25, -0.2) is 4.39 Å². The van der Waals surface area contributed by atoms with Gasteiger partial charge in [0.1, 0.15) is 17.3 Å². The van der Waals surface area contributed by atoms with E-state index in [4.69, 9.17) is 27.6 Å². The van der Waals surface area contributed by atoms with Crippen molar-refractivity contribution in [2.45, 2.75) is 6.92 Å². The molecule has 1 N–H and O–H groups in total. The summed E-state index contributed by atoms with van der Waals surface area (Å²) in [5.74, 6) is 0.241. The molecule has 0 bridgehead atoms. The van der Waals surface area contributed by atoms with Crippen LogP contribution in [0, 0.1) is 12.7 Å². The highest BCUT2D eigenvalue weighted by Gasteiger charge is 2.06. The van der Waals surface area contributed by atoms with Crippen LogP contribution in [0.3, 0.4) is 0 Å². The maximum absolute atomic E-state index is 13.1. The topological polar surface area (TPSA) is 42.2 Å². The number of carbonyl (C=O) groups is 1. The Morgan fingerprint density at radius 2 is 1.88 bits per heavy atom. The Morgan fingerprint density at radius 3 is 2.62 bits per heavy atom. The fourth-order valence-electron chi connectivity index (χ4n) is 2.26. The van der Waals surface area contributed by atoms with Crippen molar-refractivity contribution in [1.82, 2.24) is 0 Å². The van der Waals surface area contributed by atoms with E-state index in [-0.39, 0.29) is 10.9 Å². The molecule has 0 saturated carbocycles. The molecule has 0 radical (unpaired) electrons. The highest BCUT2D eigenvalue weighted by atomic mass is 35.5. The molecule has 0 aliphatic rings. The number of furan rings is 1. The van der Waals surface area contributed by atoms with Gasteiger partial charge in [-0.2, -0.15) is 0 Å². The molecule has 3 rings (SSSR count). The predicted octanol–water partition coefficient (Wildman–Crippen LogP) is 6.35. The van der Waals surface area contributed by atoms with Crippen LogP contribution in [-0.4, -0.2) is 5.91 Å². The van der Waals surface area contributed by atoms with Crippen LogP contribution in [0.15, 0.2) is 59.0 Å². The van der Waals surface area contributed by atoms with Crippen molar-refractivity contribution in [1.29, 1.82) is 0 Å². The molecule has 1 aromatic heterocycles. The zero-order valence-electron chi connectivity index (χ0n) is 13.7. The van der Waals surface area contributed by atoms with Crippen LogP contribution in [0.2, 0.25) is 10.0 Å². The Hall–Kier alpha value is -2.56. The summed E-state index contributed by atoms with van der Waals surface area (Å²) >= 11 is 11.8. The average Bonchev–Trinajstić information content (AvgIpc) is 3.08. The van der Waals surface area contributed by atoms with Crippen molar-refractivity contribution in [3.05, 3.63) is 81.8 Å². The Morgan fingerprint density at radius 1 is 1.08 bits per heavy atom. The number of benzene rings is 2. The molecule has 0 aliphatic carbocycles. The van der Waals surface area contributed by atoms with E-state index in [0.29, 0.717) is 22.2 Å². The zero-order valence-corrected chi connectivity index (χ0v) is 15.2. The molecule has 0 fully saturated rings. The second kappa shape index (κ2) is 7.77. The van der Waals surface area contributed by atoms with E-state index in [2.05, 4.69) is 5.32 Å². The minimum atomic E-state index is -0.542. The quantitative estimate of drug-likeness (QED) is 0.527. The van der Waals surface area contributed by atoms with Crippen LogP contribution in [0.25, 0.3) is 17.4 Å². The maximum Gasteiger partial charge on any atom is 0.248 e. The molecule has 3 nitrogen and oxygen atoms in total. The molecule has 0 aliphatic heterocycles. The van der Waals surface area contributed by atoms with E-state index < -0.39 is 5.82 Å². The van der Waals surface area contributed by atoms with Gasteiger partial charge in [-0.3, -0.25) is 4.79 Å². The molecule has 0 unspecified atom stereocenters. The van der Waals surface area contributed by atoms with Gasteiger partial charge in [-0.1, -0.05) is 35.3 Å². The summed E-state index contributed by atoms with van der Waals surface area (Å²) in [6.07, 6.45) is 2.86. The number of nitrogens with one attached hydrogen (secondary N) is 1. The second-order valence-corrected chi connectivity index (χ2v) is 6.43. The lowest BCUT2D eigenvalue weighted by Gasteiger charge is -2.02. The highest BCUT2D eigenvalue weighted by Crippen LogP contribution is 2.27. The molecule has 6 heteroatoms. The van der Waals surface area contributed by atoms with Gasteiger partial charge in [0.2, 0.25) is 5.91 Å². The van der Waals surface area contributed by atoms with E-state index in [1.54, 1.807) is 18.2 Å². The molecule has 1 amide bonds. The molecule has 26 heavy (non-hydrogen) atoms. The average molecular weight is 390 g/mol. The summed E-state index contributed by atoms with van der Waals surface area (Å²) in [5.41, 5.74) is 2.24. The number of carbonyl (C=O) groups excluding carboxylic acids is 1. The van der Waals surface area contributed by atoms with Gasteiger partial charge in [-0.05, 0) is 55.0 Å². The van der Waals surface area contributed by atoms with Gasteiger partial charge in [0.25, 0.3) is 0 Å². The highest BCUT2D eigenvalue weighted by molar-refractivity contribution is 6.31. The summed E-state index contributed by atoms with van der Waals surface area (Å²) < 4.78 is 18.8. The van der Waals surface area contributed by atoms with Crippen molar-refractivity contribution in [2.24, 2.45) is 0 Å². The van der Waals surface area contributed by atoms with E-state index in [9.17, 15) is 9.18 Å². The Labute approximate surface area is 160 Å². The minimum Gasteiger partial charge on any atom is -0.457 e. The third-order valence-electron chi connectivity index (χ3n) is 3.67. The summed E-state index contributed by atoms with van der Waals surface area (Å²) in [6, 6.07) is 13.2. The van der Waals surface area contributed by atoms with Crippen LogP contribution < -0.4 is 5.32 Å². The molecule has 0 atom stereocenters. The molecule has 2 aromatic carbocycles. The third kappa shape index (κ3) is 4.34. The smallest absolute Gasteiger partial charge is 0.248 e. The number of anilines is 1. The first-order chi connectivity index (χ1) is 12.4. The Balaban J connectivity index is 1.68. The van der Waals surface area contributed by atoms with Crippen LogP contribution >= 0.6 is 23.2 Å². The first-order valence-corrected chi connectivity index (χ1v) is 8.48. The summed E-state index contributed by atoms with van der Waals surface area (Å²) in [6.45, 7) is 1.93. The number of amides is 1. The molecular weight excluding hydrogens is 376 g/mol. The fourth-order valence-corrected chi connectivity index (χ4v) is 2.62. The van der Waals surface area contributed by atoms with Crippen molar-refractivity contribution in [3.8, 4) is 11.3 Å². The van der Waals surface area contributed by atoms with Gasteiger partial charge < -0.3 is 9.73 Å². The molecule has 0 saturated heterocycles. The maximum atomic E-state index is 13.1. The molecule has 132 valence electrons. The number of hydrogen-bond acceptors (Lipinski definition) is 2. The number of hydrogen-bond donors (Lipinski definition) is 1. The standard InChI is InChI=1S/C20H14Cl2FNO2/c1-12-2-3-13(10-16(12)21)19-8-5-15(26-19)6-9-20(25)24-14-4-7-18(23)17(22)11-14/h2-11H,1H3,(H,24,25)/b9-6+. The van der Waals surface area contributed by atoms with Crippen molar-refractivity contribution in [2.75, 3.05) is 5.32 Å². The van der Waals surface area contributed by atoms with Gasteiger partial charge in [0.15, 0.2) is 0 Å². The normalized spacial score (nSPS) is 11.1. The molecule has 3 aromatic rings. The largest absolute Gasteiger partial charge is 0.457 e. The first-order valence-electron chi connectivity index (χ1n) is 7.73. The van der Waals surface area contributed by atoms with E-state index in [1.165, 1.54) is 24.3 Å². The van der Waals surface area contributed by atoms with Gasteiger partial charge >= 0.3 is 0 Å². The van der Waals surface area contributed by atoms with Gasteiger partial charge in [0.05, 0.1) is 5.02 Å². The van der Waals surface area contributed by atoms with Crippen molar-refractivity contribution < 1.29 is 13.6 Å². The second-order valence-electron chi connectivity index (χ2n) is 5.62. The van der Waals surface area contributed by atoms with E-state index in [1.807, 2.05) is 25.1 Å². The lowest BCUT2D eigenvalue weighted by atomic mass is 10.1. The zero-order chi connectivity index (χ0) is 18.7. The number of halogens is 3. The Bertz CT molecular complexity index is 995. The van der Waals surface area contributed by atoms with Crippen molar-refractivity contribution >= 4 is 40.9 Å². The lowest BCUT2D eigenvalue weighted by molar-refractivity contribution is -0.111. The van der Waals surface area contributed by atoms with Crippen molar-refractivity contribution in [3.63, 3.8) is 0 Å². The summed E-state index contributed by atoms with van der Waals surface area (Å²) in [4.78, 5) is 11.9. The van der Waals surface area contributed by atoms with Crippen LogP contribution in [0.1, 0.15) is 11.3 Å². The van der Waals surface area contributed by atoms with Crippen LogP contribution in [-0.2, 0) is 4.79 Å². The van der Waals surface area contributed by atoms with Gasteiger partial charge in [0, 0.05) is 22.3 Å². The van der Waals surface area contributed by atoms with Crippen LogP contribution in [0.4, 0.5) is 10.1 Å². The first kappa shape index (κ1) is 18.2. The lowest BCUT2D eigenvalue weighted by Crippen LogP contribution is -2.07. The summed E-state index contributed by atoms with van der Waals surface area (Å²) in [5, 5.41) is 3.20. The molecular formula is C20H14Cl2FNO2. The van der Waals surface area contributed by atoms with Gasteiger partial charge in [-0.15, -0.1) is 0 Å². The third-order valence-corrected chi connectivity index (χ3v) is 4.37. The fraction of sp³-hybridized carbons (Fsp3) is 0.0500. The Kier molecular flexibility index (Phi) is 5.45. The SMILES string of the molecule is Cc1ccc(-c2ccc(/C=C/C(=O)Nc3ccc(F)c(Cl)c3)o2)cc1Cl. The monoisotopic (exact) mass is 389 g/mol. The molecule has 1 heterocycles. The minimum absolute atomic E-state index is 0.0563. The number of aryl methyl sites for hydroxylation is 1. The number of rotatable bonds is 4. The van der Waals surface area contributed by atoms with E-state index in [0.717, 1.165) is 11.1 Å². The van der Waals surface area contributed by atoms with Crippen LogP contribution in [0.5, 0.6) is 0 Å². The summed E-state index contributed by atoms with van der Waals surface area (Å²) in [7, 11) is 0.